The second-order valence-corrected chi connectivity index (χ2v) is 5.30. The zero-order chi connectivity index (χ0) is 11.3. The van der Waals surface area contributed by atoms with Crippen LogP contribution in [0.4, 0.5) is 0 Å². The van der Waals surface area contributed by atoms with E-state index in [9.17, 15) is 0 Å². The molecule has 0 fully saturated rings. The molecule has 0 aliphatic rings. The number of hydrogen-bond acceptors (Lipinski definition) is 1. The van der Waals surface area contributed by atoms with Gasteiger partial charge in [0.25, 0.3) is 0 Å². The van der Waals surface area contributed by atoms with E-state index in [2.05, 4.69) is 60.2 Å². The van der Waals surface area contributed by atoms with Gasteiger partial charge in [-0.3, -0.25) is 0 Å². The van der Waals surface area contributed by atoms with Crippen LogP contribution in [0.2, 0.25) is 0 Å². The Bertz CT molecular complexity index is 307. The van der Waals surface area contributed by atoms with Crippen LogP contribution in [0.5, 0.6) is 0 Å². The van der Waals surface area contributed by atoms with Crippen LogP contribution in [0, 0.1) is 12.8 Å². The van der Waals surface area contributed by atoms with Gasteiger partial charge in [-0.05, 0) is 43.0 Å². The second-order valence-electron chi connectivity index (χ2n) is 4.44. The van der Waals surface area contributed by atoms with Crippen LogP contribution < -0.4 is 5.32 Å². The molecular weight excluding hydrogens is 250 g/mol. The third kappa shape index (κ3) is 4.80. The van der Waals surface area contributed by atoms with Crippen molar-refractivity contribution >= 4 is 15.9 Å². The molecule has 0 unspecified atom stereocenters. The van der Waals surface area contributed by atoms with Crippen LogP contribution in [0.15, 0.2) is 22.7 Å². The summed E-state index contributed by atoms with van der Waals surface area (Å²) >= 11 is 3.51. The Morgan fingerprint density at radius 2 is 2.07 bits per heavy atom. The number of halogens is 1. The summed E-state index contributed by atoms with van der Waals surface area (Å²) < 4.78 is 1.19. The maximum atomic E-state index is 3.51. The quantitative estimate of drug-likeness (QED) is 0.800. The van der Waals surface area contributed by atoms with Crippen molar-refractivity contribution in [2.24, 2.45) is 5.92 Å². The Morgan fingerprint density at radius 1 is 1.33 bits per heavy atom. The molecule has 1 aromatic carbocycles. The molecule has 0 heterocycles. The van der Waals surface area contributed by atoms with E-state index >= 15 is 0 Å². The molecule has 0 saturated heterocycles. The van der Waals surface area contributed by atoms with E-state index in [-0.39, 0.29) is 0 Å². The summed E-state index contributed by atoms with van der Waals surface area (Å²) in [5.41, 5.74) is 2.66. The molecule has 1 rings (SSSR count). The molecule has 1 aromatic rings. The summed E-state index contributed by atoms with van der Waals surface area (Å²) in [6.07, 6.45) is 1.25. The molecule has 0 aromatic heterocycles. The van der Waals surface area contributed by atoms with E-state index in [0.717, 1.165) is 19.0 Å². The van der Waals surface area contributed by atoms with Gasteiger partial charge < -0.3 is 5.32 Å². The maximum absolute atomic E-state index is 3.51. The lowest BCUT2D eigenvalue weighted by Crippen LogP contribution is -2.16. The fourth-order valence-electron chi connectivity index (χ4n) is 1.44. The van der Waals surface area contributed by atoms with Gasteiger partial charge in [0.2, 0.25) is 0 Å². The molecule has 1 nitrogen and oxygen atoms in total. The van der Waals surface area contributed by atoms with Crippen LogP contribution in [-0.2, 0) is 6.54 Å². The van der Waals surface area contributed by atoms with Gasteiger partial charge in [0.1, 0.15) is 0 Å². The van der Waals surface area contributed by atoms with Gasteiger partial charge in [0, 0.05) is 11.0 Å². The largest absolute Gasteiger partial charge is 0.313 e. The van der Waals surface area contributed by atoms with Crippen molar-refractivity contribution in [3.8, 4) is 0 Å². The Kier molecular flexibility index (Phi) is 5.34. The topological polar surface area (TPSA) is 12.0 Å². The molecule has 0 spiro atoms. The second kappa shape index (κ2) is 6.29. The summed E-state index contributed by atoms with van der Waals surface area (Å²) in [6.45, 7) is 8.71. The zero-order valence-electron chi connectivity index (χ0n) is 9.81. The minimum Gasteiger partial charge on any atom is -0.313 e. The first-order valence-electron chi connectivity index (χ1n) is 5.55. The molecule has 0 radical (unpaired) electrons. The molecule has 0 aliphatic heterocycles. The van der Waals surface area contributed by atoms with Gasteiger partial charge in [0.15, 0.2) is 0 Å². The highest BCUT2D eigenvalue weighted by atomic mass is 79.9. The third-order valence-electron chi connectivity index (χ3n) is 2.45. The first-order chi connectivity index (χ1) is 7.09. The summed E-state index contributed by atoms with van der Waals surface area (Å²) in [7, 11) is 0. The molecule has 2 heteroatoms. The van der Waals surface area contributed by atoms with Crippen molar-refractivity contribution in [2.75, 3.05) is 6.54 Å². The smallest absolute Gasteiger partial charge is 0.0205 e. The Hall–Kier alpha value is -0.340. The molecule has 0 bridgehead atoms. The lowest BCUT2D eigenvalue weighted by atomic mass is 10.1. The Morgan fingerprint density at radius 3 is 2.67 bits per heavy atom. The number of nitrogens with one attached hydrogen (secondary N) is 1. The SMILES string of the molecule is Cc1cc(CNCCC(C)C)ccc1Br. The number of hydrogen-bond donors (Lipinski definition) is 1. The molecular formula is C13H20BrN. The normalized spacial score (nSPS) is 11.0. The van der Waals surface area contributed by atoms with Gasteiger partial charge >= 0.3 is 0 Å². The summed E-state index contributed by atoms with van der Waals surface area (Å²) in [4.78, 5) is 0. The molecule has 0 amide bonds. The van der Waals surface area contributed by atoms with Gasteiger partial charge in [-0.25, -0.2) is 0 Å². The third-order valence-corrected chi connectivity index (χ3v) is 3.34. The maximum Gasteiger partial charge on any atom is 0.0205 e. The highest BCUT2D eigenvalue weighted by Crippen LogP contribution is 2.16. The van der Waals surface area contributed by atoms with Crippen molar-refractivity contribution in [3.05, 3.63) is 33.8 Å². The van der Waals surface area contributed by atoms with E-state index in [0.29, 0.717) is 0 Å². The van der Waals surface area contributed by atoms with Crippen molar-refractivity contribution in [1.29, 1.82) is 0 Å². The van der Waals surface area contributed by atoms with Crippen molar-refractivity contribution in [2.45, 2.75) is 33.7 Å². The molecule has 0 saturated carbocycles. The molecule has 84 valence electrons. The van der Waals surface area contributed by atoms with Gasteiger partial charge in [-0.15, -0.1) is 0 Å². The number of rotatable bonds is 5. The van der Waals surface area contributed by atoms with Crippen LogP contribution >= 0.6 is 15.9 Å². The van der Waals surface area contributed by atoms with E-state index < -0.39 is 0 Å². The predicted octanol–water partition coefficient (Wildman–Crippen LogP) is 3.89. The first-order valence-corrected chi connectivity index (χ1v) is 6.34. The van der Waals surface area contributed by atoms with Crippen LogP contribution in [0.3, 0.4) is 0 Å². The van der Waals surface area contributed by atoms with Gasteiger partial charge in [0.05, 0.1) is 0 Å². The summed E-state index contributed by atoms with van der Waals surface area (Å²) in [5, 5.41) is 3.46. The lowest BCUT2D eigenvalue weighted by Gasteiger charge is -2.08. The Balaban J connectivity index is 2.35. The van der Waals surface area contributed by atoms with E-state index in [1.165, 1.54) is 22.0 Å². The van der Waals surface area contributed by atoms with E-state index in [1.54, 1.807) is 0 Å². The summed E-state index contributed by atoms with van der Waals surface area (Å²) in [5.74, 6) is 0.782. The minimum absolute atomic E-state index is 0.782. The predicted molar refractivity (Wildman–Crippen MR) is 70.0 cm³/mol. The fourth-order valence-corrected chi connectivity index (χ4v) is 1.69. The molecule has 0 aliphatic carbocycles. The molecule has 15 heavy (non-hydrogen) atoms. The van der Waals surface area contributed by atoms with E-state index in [1.807, 2.05) is 0 Å². The molecule has 0 atom stereocenters. The van der Waals surface area contributed by atoms with Crippen LogP contribution in [0.25, 0.3) is 0 Å². The zero-order valence-corrected chi connectivity index (χ0v) is 11.4. The van der Waals surface area contributed by atoms with Crippen LogP contribution in [-0.4, -0.2) is 6.54 Å². The molecule has 1 N–H and O–H groups in total. The van der Waals surface area contributed by atoms with Crippen molar-refractivity contribution < 1.29 is 0 Å². The first kappa shape index (κ1) is 12.7. The monoisotopic (exact) mass is 269 g/mol. The lowest BCUT2D eigenvalue weighted by molar-refractivity contribution is 0.537. The van der Waals surface area contributed by atoms with Crippen LogP contribution in [0.1, 0.15) is 31.4 Å². The fraction of sp³-hybridized carbons (Fsp3) is 0.538. The highest BCUT2D eigenvalue weighted by Gasteiger charge is 1.97. The number of aryl methyl sites for hydroxylation is 1. The minimum atomic E-state index is 0.782. The average molecular weight is 270 g/mol. The number of benzene rings is 1. The van der Waals surface area contributed by atoms with E-state index in [4.69, 9.17) is 0 Å². The van der Waals surface area contributed by atoms with Crippen molar-refractivity contribution in [1.82, 2.24) is 5.32 Å². The summed E-state index contributed by atoms with van der Waals surface area (Å²) in [6, 6.07) is 6.51. The van der Waals surface area contributed by atoms with Gasteiger partial charge in [-0.2, -0.15) is 0 Å². The Labute approximate surface area is 101 Å². The standard InChI is InChI=1S/C13H20BrN/c1-10(2)6-7-15-9-12-4-5-13(14)11(3)8-12/h4-5,8,10,15H,6-7,9H2,1-3H3. The van der Waals surface area contributed by atoms with Crippen molar-refractivity contribution in [3.63, 3.8) is 0 Å². The van der Waals surface area contributed by atoms with Gasteiger partial charge in [-0.1, -0.05) is 41.9 Å². The highest BCUT2D eigenvalue weighted by molar-refractivity contribution is 9.10. The average Bonchev–Trinajstić information content (AvgIpc) is 2.18.